The number of hydrogen-bond donors (Lipinski definition) is 2. The van der Waals surface area contributed by atoms with E-state index in [0.29, 0.717) is 23.6 Å². The van der Waals surface area contributed by atoms with Crippen molar-refractivity contribution in [2.24, 2.45) is 11.8 Å². The summed E-state index contributed by atoms with van der Waals surface area (Å²) in [4.78, 5) is 11.8. The first-order valence-corrected chi connectivity index (χ1v) is 6.85. The van der Waals surface area contributed by atoms with Crippen LogP contribution in [-0.4, -0.2) is 18.5 Å². The van der Waals surface area contributed by atoms with Crippen LogP contribution in [-0.2, 0) is 4.79 Å². The van der Waals surface area contributed by atoms with Crippen molar-refractivity contribution in [2.45, 2.75) is 32.7 Å². The second kappa shape index (κ2) is 6.15. The number of halogens is 1. The third-order valence-corrected chi connectivity index (χ3v) is 4.10. The summed E-state index contributed by atoms with van der Waals surface area (Å²) in [7, 11) is 0. The minimum absolute atomic E-state index is 0.127. The van der Waals surface area contributed by atoms with Crippen molar-refractivity contribution in [3.8, 4) is 0 Å². The maximum absolute atomic E-state index is 13.0. The Morgan fingerprint density at radius 3 is 2.79 bits per heavy atom. The second-order valence-corrected chi connectivity index (χ2v) is 5.46. The van der Waals surface area contributed by atoms with E-state index in [0.717, 1.165) is 6.42 Å². The van der Waals surface area contributed by atoms with Gasteiger partial charge in [0.15, 0.2) is 0 Å². The number of amides is 1. The van der Waals surface area contributed by atoms with Gasteiger partial charge in [0.2, 0.25) is 5.91 Å². The van der Waals surface area contributed by atoms with Gasteiger partial charge >= 0.3 is 0 Å². The highest BCUT2D eigenvalue weighted by atomic mass is 19.1. The number of nitrogens with one attached hydrogen (secondary N) is 2. The van der Waals surface area contributed by atoms with E-state index in [1.54, 1.807) is 12.1 Å². The van der Waals surface area contributed by atoms with E-state index in [2.05, 4.69) is 24.5 Å². The predicted octanol–water partition coefficient (Wildman–Crippen LogP) is 2.79. The molecule has 1 aromatic carbocycles. The number of carbonyl (C=O) groups excluding carboxylic acids is 1. The number of hydrogen-bond acceptors (Lipinski definition) is 2. The van der Waals surface area contributed by atoms with Gasteiger partial charge in [0, 0.05) is 11.7 Å². The fourth-order valence-electron chi connectivity index (χ4n) is 2.65. The van der Waals surface area contributed by atoms with Gasteiger partial charge in [0.05, 0.1) is 6.54 Å². The Kier molecular flexibility index (Phi) is 4.53. The Labute approximate surface area is 113 Å². The zero-order valence-corrected chi connectivity index (χ0v) is 11.4. The van der Waals surface area contributed by atoms with Gasteiger partial charge < -0.3 is 10.6 Å². The minimum atomic E-state index is -0.344. The van der Waals surface area contributed by atoms with E-state index >= 15 is 0 Å². The Morgan fingerprint density at radius 1 is 1.37 bits per heavy atom. The number of benzene rings is 1. The monoisotopic (exact) mass is 264 g/mol. The predicted molar refractivity (Wildman–Crippen MR) is 74.4 cm³/mol. The van der Waals surface area contributed by atoms with Crippen LogP contribution in [0.5, 0.6) is 0 Å². The maximum atomic E-state index is 13.0. The first-order valence-electron chi connectivity index (χ1n) is 6.85. The molecule has 1 aliphatic carbocycles. The summed E-state index contributed by atoms with van der Waals surface area (Å²) >= 11 is 0. The lowest BCUT2D eigenvalue weighted by molar-refractivity contribution is -0.115. The molecule has 0 spiro atoms. The van der Waals surface area contributed by atoms with Gasteiger partial charge in [0.1, 0.15) is 5.82 Å². The van der Waals surface area contributed by atoms with Gasteiger partial charge in [-0.15, -0.1) is 0 Å². The molecule has 1 aliphatic rings. The summed E-state index contributed by atoms with van der Waals surface area (Å²) in [5.41, 5.74) is 0.500. The van der Waals surface area contributed by atoms with E-state index < -0.39 is 0 Å². The average molecular weight is 264 g/mol. The van der Waals surface area contributed by atoms with Gasteiger partial charge in [-0.2, -0.15) is 0 Å². The lowest BCUT2D eigenvalue weighted by Gasteiger charge is -2.19. The third kappa shape index (κ3) is 3.77. The summed E-state index contributed by atoms with van der Waals surface area (Å²) in [6.45, 7) is 4.75. The Balaban J connectivity index is 1.79. The lowest BCUT2D eigenvalue weighted by Crippen LogP contribution is -2.38. The van der Waals surface area contributed by atoms with Gasteiger partial charge in [-0.05, 0) is 42.9 Å². The van der Waals surface area contributed by atoms with Gasteiger partial charge in [-0.3, -0.25) is 4.79 Å². The molecule has 0 radical (unpaired) electrons. The zero-order valence-electron chi connectivity index (χ0n) is 11.4. The number of carbonyl (C=O) groups is 1. The maximum Gasteiger partial charge on any atom is 0.238 e. The Morgan fingerprint density at radius 2 is 2.16 bits per heavy atom. The molecule has 19 heavy (non-hydrogen) atoms. The molecule has 3 unspecified atom stereocenters. The SMILES string of the molecule is CC1CCC(NCC(=O)Nc2cccc(F)c2)C1C. The molecule has 0 aromatic heterocycles. The molecule has 0 aliphatic heterocycles. The summed E-state index contributed by atoms with van der Waals surface area (Å²) in [6, 6.07) is 6.35. The molecule has 2 rings (SSSR count). The van der Waals surface area contributed by atoms with Crippen LogP contribution < -0.4 is 10.6 Å². The standard InChI is InChI=1S/C15H21FN2O/c1-10-6-7-14(11(10)2)17-9-15(19)18-13-5-3-4-12(16)8-13/h3-5,8,10-11,14,17H,6-7,9H2,1-2H3,(H,18,19). The van der Waals surface area contributed by atoms with Crippen LogP contribution >= 0.6 is 0 Å². The van der Waals surface area contributed by atoms with Gasteiger partial charge in [-0.1, -0.05) is 19.9 Å². The van der Waals surface area contributed by atoms with E-state index in [-0.39, 0.29) is 18.3 Å². The van der Waals surface area contributed by atoms with Crippen LogP contribution in [0.3, 0.4) is 0 Å². The lowest BCUT2D eigenvalue weighted by atomic mass is 9.98. The van der Waals surface area contributed by atoms with Crippen molar-refractivity contribution in [3.05, 3.63) is 30.1 Å². The molecule has 1 amide bonds. The van der Waals surface area contributed by atoms with Crippen molar-refractivity contribution in [2.75, 3.05) is 11.9 Å². The van der Waals surface area contributed by atoms with Crippen molar-refractivity contribution in [3.63, 3.8) is 0 Å². The topological polar surface area (TPSA) is 41.1 Å². The second-order valence-electron chi connectivity index (χ2n) is 5.46. The van der Waals surface area contributed by atoms with Crippen molar-refractivity contribution in [1.82, 2.24) is 5.32 Å². The highest BCUT2D eigenvalue weighted by Gasteiger charge is 2.29. The quantitative estimate of drug-likeness (QED) is 0.878. The van der Waals surface area contributed by atoms with Gasteiger partial charge in [0.25, 0.3) is 0 Å². The molecule has 2 N–H and O–H groups in total. The first-order chi connectivity index (χ1) is 9.06. The number of rotatable bonds is 4. The molecular weight excluding hydrogens is 243 g/mol. The molecule has 3 atom stereocenters. The molecule has 1 aromatic rings. The highest BCUT2D eigenvalue weighted by molar-refractivity contribution is 5.92. The van der Waals surface area contributed by atoms with E-state index in [4.69, 9.17) is 0 Å². The van der Waals surface area contributed by atoms with Crippen molar-refractivity contribution in [1.29, 1.82) is 0 Å². The van der Waals surface area contributed by atoms with Crippen LogP contribution in [0.2, 0.25) is 0 Å². The molecule has 1 fully saturated rings. The fraction of sp³-hybridized carbons (Fsp3) is 0.533. The molecule has 0 bridgehead atoms. The minimum Gasteiger partial charge on any atom is -0.325 e. The Hall–Kier alpha value is -1.42. The molecule has 0 heterocycles. The van der Waals surface area contributed by atoms with E-state index in [1.807, 2.05) is 0 Å². The fourth-order valence-corrected chi connectivity index (χ4v) is 2.65. The number of anilines is 1. The largest absolute Gasteiger partial charge is 0.325 e. The average Bonchev–Trinajstić information content (AvgIpc) is 2.68. The molecule has 4 heteroatoms. The summed E-state index contributed by atoms with van der Waals surface area (Å²) in [5.74, 6) is 0.840. The van der Waals surface area contributed by atoms with Crippen LogP contribution in [0, 0.1) is 17.7 Å². The van der Waals surface area contributed by atoms with Crippen LogP contribution in [0.25, 0.3) is 0 Å². The van der Waals surface area contributed by atoms with Gasteiger partial charge in [-0.25, -0.2) is 4.39 Å². The molecule has 1 saturated carbocycles. The summed E-state index contributed by atoms with van der Waals surface area (Å²) in [5, 5.41) is 5.98. The zero-order chi connectivity index (χ0) is 13.8. The Bertz CT molecular complexity index is 450. The highest BCUT2D eigenvalue weighted by Crippen LogP contribution is 2.30. The van der Waals surface area contributed by atoms with Crippen LogP contribution in [0.1, 0.15) is 26.7 Å². The molecule has 104 valence electrons. The van der Waals surface area contributed by atoms with Crippen molar-refractivity contribution < 1.29 is 9.18 Å². The summed E-state index contributed by atoms with van der Waals surface area (Å²) < 4.78 is 13.0. The molecule has 3 nitrogen and oxygen atoms in total. The molecule has 0 saturated heterocycles. The third-order valence-electron chi connectivity index (χ3n) is 4.10. The van der Waals surface area contributed by atoms with E-state index in [9.17, 15) is 9.18 Å². The van der Waals surface area contributed by atoms with Crippen molar-refractivity contribution >= 4 is 11.6 Å². The van der Waals surface area contributed by atoms with Crippen LogP contribution in [0.4, 0.5) is 10.1 Å². The first kappa shape index (κ1) is 14.0. The molecular formula is C15H21FN2O. The smallest absolute Gasteiger partial charge is 0.238 e. The van der Waals surface area contributed by atoms with E-state index in [1.165, 1.54) is 18.6 Å². The normalized spacial score (nSPS) is 26.4. The summed E-state index contributed by atoms with van der Waals surface area (Å²) in [6.07, 6.45) is 2.33. The van der Waals surface area contributed by atoms with Crippen LogP contribution in [0.15, 0.2) is 24.3 Å².